The van der Waals surface area contributed by atoms with Gasteiger partial charge in [0.2, 0.25) is 5.96 Å². The summed E-state index contributed by atoms with van der Waals surface area (Å²) in [5.41, 5.74) is 8.47. The van der Waals surface area contributed by atoms with Crippen LogP contribution in [0.5, 0.6) is 0 Å². The normalized spacial score (nSPS) is 11.7. The Bertz CT molecular complexity index is 788. The first-order valence-electron chi connectivity index (χ1n) is 8.69. The predicted molar refractivity (Wildman–Crippen MR) is 114 cm³/mol. The number of fused-ring (bicyclic) bond motifs is 1. The lowest BCUT2D eigenvalue weighted by Gasteiger charge is -2.25. The van der Waals surface area contributed by atoms with Gasteiger partial charge in [0.25, 0.3) is 0 Å². The first-order valence-corrected chi connectivity index (χ1v) is 9.85. The zero-order chi connectivity index (χ0) is 18.9. The number of nitrogens with two attached hydrogens (primary N) is 1. The Morgan fingerprint density at radius 1 is 1.27 bits per heavy atom. The van der Waals surface area contributed by atoms with Crippen LogP contribution in [0.3, 0.4) is 0 Å². The molecule has 0 atom stereocenters. The van der Waals surface area contributed by atoms with Gasteiger partial charge in [0, 0.05) is 18.5 Å². The molecule has 5 nitrogen and oxygen atoms in total. The van der Waals surface area contributed by atoms with Gasteiger partial charge in [-0.05, 0) is 35.1 Å². The molecular weight excluding hydrogens is 344 g/mol. The van der Waals surface area contributed by atoms with E-state index in [2.05, 4.69) is 61.1 Å². The molecule has 6 heteroatoms. The lowest BCUT2D eigenvalue weighted by Crippen LogP contribution is -2.37. The van der Waals surface area contributed by atoms with Crippen molar-refractivity contribution in [2.24, 2.45) is 15.9 Å². The summed E-state index contributed by atoms with van der Waals surface area (Å²) in [7, 11) is 0. The number of rotatable bonds is 9. The van der Waals surface area contributed by atoms with E-state index in [1.54, 1.807) is 11.8 Å². The number of hydrogen-bond acceptors (Lipinski definition) is 4. The lowest BCUT2D eigenvalue weighted by molar-refractivity contribution is -0.107. The maximum atomic E-state index is 10.5. The molecule has 0 saturated heterocycles. The molecule has 0 aliphatic heterocycles. The summed E-state index contributed by atoms with van der Waals surface area (Å²) < 4.78 is 0. The van der Waals surface area contributed by atoms with Crippen molar-refractivity contribution in [3.05, 3.63) is 42.0 Å². The minimum atomic E-state index is 0.310. The number of nitrogens with zero attached hydrogens (tertiary/aromatic N) is 3. The molecule has 0 spiro atoms. The SMILES string of the molecule is C=N/N=C(/N)N(CSCCCC=O)c1ccc(C(C)C)c2ccccc12. The van der Waals surface area contributed by atoms with Crippen molar-refractivity contribution in [2.75, 3.05) is 16.5 Å². The Kier molecular flexibility index (Phi) is 7.66. The molecule has 0 aliphatic carbocycles. The number of thioether (sulfide) groups is 1. The van der Waals surface area contributed by atoms with E-state index in [1.807, 2.05) is 11.0 Å². The summed E-state index contributed by atoms with van der Waals surface area (Å²) in [6.07, 6.45) is 2.39. The van der Waals surface area contributed by atoms with Gasteiger partial charge in [0.05, 0.1) is 11.6 Å². The molecule has 2 N–H and O–H groups in total. The van der Waals surface area contributed by atoms with Gasteiger partial charge in [-0.25, -0.2) is 0 Å². The van der Waals surface area contributed by atoms with Crippen molar-refractivity contribution < 1.29 is 4.79 Å². The Labute approximate surface area is 159 Å². The molecule has 0 unspecified atom stereocenters. The third-order valence-electron chi connectivity index (χ3n) is 4.13. The summed E-state index contributed by atoms with van der Waals surface area (Å²) in [5, 5.41) is 9.88. The number of guanidine groups is 1. The van der Waals surface area contributed by atoms with E-state index in [9.17, 15) is 4.79 Å². The minimum Gasteiger partial charge on any atom is -0.368 e. The van der Waals surface area contributed by atoms with Gasteiger partial charge in [0.15, 0.2) is 0 Å². The van der Waals surface area contributed by atoms with Gasteiger partial charge in [-0.1, -0.05) is 44.2 Å². The summed E-state index contributed by atoms with van der Waals surface area (Å²) in [4.78, 5) is 12.4. The Balaban J connectivity index is 2.41. The standard InChI is InChI=1S/C20H26N4OS/c1-15(2)16-10-11-19(18-9-5-4-8-17(16)18)24(20(21)23-22-3)14-26-13-7-6-12-25/h4-5,8-12,15H,3,6-7,13-14H2,1-2H3,(H2,21,23). The van der Waals surface area contributed by atoms with E-state index in [0.29, 0.717) is 24.2 Å². The van der Waals surface area contributed by atoms with E-state index >= 15 is 0 Å². The number of carbonyl (C=O) groups is 1. The minimum absolute atomic E-state index is 0.310. The molecule has 0 radical (unpaired) electrons. The molecule has 0 bridgehead atoms. The quantitative estimate of drug-likeness (QED) is 0.178. The first kappa shape index (κ1) is 20.0. The van der Waals surface area contributed by atoms with E-state index in [0.717, 1.165) is 29.5 Å². The van der Waals surface area contributed by atoms with Crippen LogP contribution >= 0.6 is 11.8 Å². The topological polar surface area (TPSA) is 71.0 Å². The molecule has 0 aliphatic rings. The van der Waals surface area contributed by atoms with Gasteiger partial charge in [-0.15, -0.1) is 16.9 Å². The zero-order valence-electron chi connectivity index (χ0n) is 15.4. The average Bonchev–Trinajstić information content (AvgIpc) is 2.64. The van der Waals surface area contributed by atoms with Crippen molar-refractivity contribution in [1.82, 2.24) is 0 Å². The van der Waals surface area contributed by atoms with Crippen LogP contribution in [0.4, 0.5) is 5.69 Å². The second-order valence-corrected chi connectivity index (χ2v) is 7.32. The van der Waals surface area contributed by atoms with Crippen molar-refractivity contribution in [1.29, 1.82) is 0 Å². The molecular formula is C20H26N4OS. The smallest absolute Gasteiger partial charge is 0.221 e. The predicted octanol–water partition coefficient (Wildman–Crippen LogP) is 4.37. The first-order chi connectivity index (χ1) is 12.6. The summed E-state index contributed by atoms with van der Waals surface area (Å²) in [6.45, 7) is 7.80. The number of hydrogen-bond donors (Lipinski definition) is 1. The molecule has 2 rings (SSSR count). The molecule has 0 heterocycles. The van der Waals surface area contributed by atoms with Gasteiger partial charge in [-0.3, -0.25) is 0 Å². The fraction of sp³-hybridized carbons (Fsp3) is 0.350. The second kappa shape index (κ2) is 9.97. The highest BCUT2D eigenvalue weighted by molar-refractivity contribution is 7.99. The van der Waals surface area contributed by atoms with Crippen LogP contribution in [-0.4, -0.2) is 30.6 Å². The van der Waals surface area contributed by atoms with Crippen molar-refractivity contribution in [2.45, 2.75) is 32.6 Å². The van der Waals surface area contributed by atoms with Crippen LogP contribution in [0.1, 0.15) is 38.2 Å². The third kappa shape index (κ3) is 4.85. The van der Waals surface area contributed by atoms with Gasteiger partial charge >= 0.3 is 0 Å². The van der Waals surface area contributed by atoms with Crippen molar-refractivity contribution >= 4 is 47.2 Å². The highest BCUT2D eigenvalue weighted by atomic mass is 32.2. The highest BCUT2D eigenvalue weighted by Gasteiger charge is 2.16. The van der Waals surface area contributed by atoms with Crippen LogP contribution in [0, 0.1) is 0 Å². The Hall–Kier alpha value is -2.34. The van der Waals surface area contributed by atoms with E-state index in [1.165, 1.54) is 10.9 Å². The van der Waals surface area contributed by atoms with Gasteiger partial charge in [0.1, 0.15) is 6.29 Å². The number of benzene rings is 2. The summed E-state index contributed by atoms with van der Waals surface area (Å²) in [5.74, 6) is 2.26. The number of anilines is 1. The fourth-order valence-electron chi connectivity index (χ4n) is 2.86. The van der Waals surface area contributed by atoms with E-state index < -0.39 is 0 Å². The number of unbranched alkanes of at least 4 members (excludes halogenated alkanes) is 1. The maximum absolute atomic E-state index is 10.5. The largest absolute Gasteiger partial charge is 0.368 e. The number of carbonyl (C=O) groups excluding carboxylic acids is 1. The van der Waals surface area contributed by atoms with Crippen LogP contribution in [-0.2, 0) is 4.79 Å². The zero-order valence-corrected chi connectivity index (χ0v) is 16.2. The summed E-state index contributed by atoms with van der Waals surface area (Å²) >= 11 is 1.71. The van der Waals surface area contributed by atoms with Crippen molar-refractivity contribution in [3.8, 4) is 0 Å². The molecule has 2 aromatic rings. The molecule has 2 aromatic carbocycles. The summed E-state index contributed by atoms with van der Waals surface area (Å²) in [6, 6.07) is 12.6. The molecule has 0 aromatic heterocycles. The molecule has 138 valence electrons. The third-order valence-corrected chi connectivity index (χ3v) is 5.15. The molecule has 26 heavy (non-hydrogen) atoms. The molecule has 0 amide bonds. The Morgan fingerprint density at radius 2 is 2.00 bits per heavy atom. The fourth-order valence-corrected chi connectivity index (χ4v) is 3.81. The monoisotopic (exact) mass is 370 g/mol. The van der Waals surface area contributed by atoms with Crippen LogP contribution in [0.15, 0.2) is 46.6 Å². The maximum Gasteiger partial charge on any atom is 0.221 e. The Morgan fingerprint density at radius 3 is 2.65 bits per heavy atom. The second-order valence-electron chi connectivity index (χ2n) is 6.25. The molecule has 0 fully saturated rings. The lowest BCUT2D eigenvalue weighted by atomic mass is 9.95. The van der Waals surface area contributed by atoms with Crippen molar-refractivity contribution in [3.63, 3.8) is 0 Å². The molecule has 0 saturated carbocycles. The van der Waals surface area contributed by atoms with Crippen LogP contribution in [0.25, 0.3) is 10.8 Å². The number of aldehydes is 1. The van der Waals surface area contributed by atoms with E-state index in [4.69, 9.17) is 5.73 Å². The van der Waals surface area contributed by atoms with Gasteiger partial charge in [-0.2, -0.15) is 5.10 Å². The average molecular weight is 371 g/mol. The van der Waals surface area contributed by atoms with Gasteiger partial charge < -0.3 is 15.4 Å². The highest BCUT2D eigenvalue weighted by Crippen LogP contribution is 2.33. The van der Waals surface area contributed by atoms with E-state index in [-0.39, 0.29) is 0 Å². The van der Waals surface area contributed by atoms with Crippen LogP contribution < -0.4 is 10.6 Å². The van der Waals surface area contributed by atoms with Crippen LogP contribution in [0.2, 0.25) is 0 Å².